The van der Waals surface area contributed by atoms with Gasteiger partial charge in [-0.25, -0.2) is 0 Å². The highest BCUT2D eigenvalue weighted by Gasteiger charge is 2.53. The molecule has 0 fully saturated rings. The number of para-hydroxylation sites is 1. The van der Waals surface area contributed by atoms with Gasteiger partial charge in [0, 0.05) is 46.9 Å². The van der Waals surface area contributed by atoms with E-state index >= 15 is 0 Å². The molecule has 0 saturated heterocycles. The molecule has 26 heavy (non-hydrogen) atoms. The largest absolute Gasteiger partial charge is 0.491 e. The van der Waals surface area contributed by atoms with Gasteiger partial charge < -0.3 is 9.72 Å². The fourth-order valence-corrected chi connectivity index (χ4v) is 6.60. The van der Waals surface area contributed by atoms with Crippen molar-refractivity contribution in [1.29, 1.82) is 0 Å². The number of thioether (sulfide) groups is 1. The molecule has 3 aliphatic rings. The van der Waals surface area contributed by atoms with Crippen LogP contribution in [0.4, 0.5) is 0 Å². The molecule has 136 valence electrons. The van der Waals surface area contributed by atoms with E-state index in [1.165, 1.54) is 21.5 Å². The maximum atomic E-state index is 13.2. The molecule has 3 nitrogen and oxygen atoms in total. The summed E-state index contributed by atoms with van der Waals surface area (Å²) in [4.78, 5) is 16.8. The van der Waals surface area contributed by atoms with Crippen LogP contribution in [0.5, 0.6) is 0 Å². The predicted molar refractivity (Wildman–Crippen MR) is 105 cm³/mol. The molecular formula is C22H25NO2S. The number of aromatic nitrogens is 1. The van der Waals surface area contributed by atoms with Crippen LogP contribution in [-0.4, -0.2) is 22.1 Å². The molecule has 0 bridgehead atoms. The minimum absolute atomic E-state index is 0.0225. The number of fused-ring (bicyclic) bond motifs is 6. The molecule has 1 N–H and O–H groups in total. The highest BCUT2D eigenvalue weighted by molar-refractivity contribution is 7.99. The van der Waals surface area contributed by atoms with Gasteiger partial charge in [-0.05, 0) is 30.9 Å². The van der Waals surface area contributed by atoms with Crippen molar-refractivity contribution in [3.8, 4) is 0 Å². The Bertz CT molecular complexity index is 966. The molecule has 0 spiro atoms. The molecule has 2 atom stereocenters. The smallest absolute Gasteiger partial charge is 0.163 e. The van der Waals surface area contributed by atoms with Crippen LogP contribution in [0.15, 0.2) is 40.6 Å². The molecule has 2 aliphatic heterocycles. The van der Waals surface area contributed by atoms with Crippen molar-refractivity contribution >= 4 is 28.4 Å². The van der Waals surface area contributed by atoms with Crippen molar-refractivity contribution in [2.45, 2.75) is 57.1 Å². The van der Waals surface area contributed by atoms with Gasteiger partial charge >= 0.3 is 0 Å². The van der Waals surface area contributed by atoms with Crippen LogP contribution in [0.1, 0.15) is 52.0 Å². The van der Waals surface area contributed by atoms with Crippen molar-refractivity contribution in [3.63, 3.8) is 0 Å². The summed E-state index contributed by atoms with van der Waals surface area (Å²) >= 11 is 1.87. The Kier molecular flexibility index (Phi) is 3.29. The molecule has 4 heteroatoms. The second-order valence-electron chi connectivity index (χ2n) is 9.29. The van der Waals surface area contributed by atoms with Gasteiger partial charge in [0.25, 0.3) is 0 Å². The number of aromatic amines is 1. The van der Waals surface area contributed by atoms with Crippen molar-refractivity contribution < 1.29 is 9.53 Å². The van der Waals surface area contributed by atoms with Gasteiger partial charge in [-0.15, -0.1) is 11.8 Å². The second-order valence-corrected chi connectivity index (χ2v) is 10.3. The summed E-state index contributed by atoms with van der Waals surface area (Å²) in [7, 11) is 0. The fraction of sp³-hybridized carbons (Fsp3) is 0.500. The molecule has 3 heterocycles. The summed E-state index contributed by atoms with van der Waals surface area (Å²) in [6.45, 7) is 8.73. The van der Waals surface area contributed by atoms with Crippen LogP contribution in [0.3, 0.4) is 0 Å². The zero-order chi connectivity index (χ0) is 18.3. The van der Waals surface area contributed by atoms with E-state index in [9.17, 15) is 4.79 Å². The number of hydrogen-bond donors (Lipinski definition) is 1. The van der Waals surface area contributed by atoms with Gasteiger partial charge in [-0.3, -0.25) is 4.79 Å². The SMILES string of the molecule is CC1(C)CC(=O)C2=C(C1)OC(C)(C)C1CSc3[nH]c4ccccc4c3C21. The molecule has 2 unspecified atom stereocenters. The molecular weight excluding hydrogens is 342 g/mol. The molecule has 2 aromatic rings. The number of carbonyl (C=O) groups is 1. The van der Waals surface area contributed by atoms with Crippen LogP contribution in [-0.2, 0) is 9.53 Å². The number of carbonyl (C=O) groups excluding carboxylic acids is 1. The zero-order valence-electron chi connectivity index (χ0n) is 15.8. The van der Waals surface area contributed by atoms with E-state index in [2.05, 4.69) is 56.9 Å². The average molecular weight is 368 g/mol. The first-order chi connectivity index (χ1) is 12.3. The first kappa shape index (κ1) is 16.5. The summed E-state index contributed by atoms with van der Waals surface area (Å²) in [6, 6.07) is 8.48. The van der Waals surface area contributed by atoms with E-state index in [-0.39, 0.29) is 22.7 Å². The summed E-state index contributed by atoms with van der Waals surface area (Å²) in [5.74, 6) is 2.66. The second kappa shape index (κ2) is 5.19. The Morgan fingerprint density at radius 2 is 1.92 bits per heavy atom. The minimum Gasteiger partial charge on any atom is -0.491 e. The Morgan fingerprint density at radius 1 is 1.15 bits per heavy atom. The molecule has 1 aromatic heterocycles. The molecule has 0 radical (unpaired) electrons. The van der Waals surface area contributed by atoms with E-state index in [1.54, 1.807) is 0 Å². The fourth-order valence-electron chi connectivity index (χ4n) is 5.09. The van der Waals surface area contributed by atoms with Crippen LogP contribution in [0.2, 0.25) is 0 Å². The molecule has 1 aliphatic carbocycles. The van der Waals surface area contributed by atoms with Crippen molar-refractivity contribution in [2.75, 3.05) is 5.75 Å². The number of benzene rings is 1. The van der Waals surface area contributed by atoms with Crippen molar-refractivity contribution in [3.05, 3.63) is 41.2 Å². The molecule has 0 saturated carbocycles. The van der Waals surface area contributed by atoms with Gasteiger partial charge in [-0.2, -0.15) is 0 Å². The van der Waals surface area contributed by atoms with Gasteiger partial charge in [-0.1, -0.05) is 32.0 Å². The highest BCUT2D eigenvalue weighted by atomic mass is 32.2. The van der Waals surface area contributed by atoms with Gasteiger partial charge in [0.05, 0.1) is 5.03 Å². The predicted octanol–water partition coefficient (Wildman–Crippen LogP) is 5.43. The van der Waals surface area contributed by atoms with Gasteiger partial charge in [0.2, 0.25) is 0 Å². The Labute approximate surface area is 158 Å². The molecule has 0 amide bonds. The number of hydrogen-bond acceptors (Lipinski definition) is 3. The topological polar surface area (TPSA) is 42.1 Å². The first-order valence-electron chi connectivity index (χ1n) is 9.45. The summed E-state index contributed by atoms with van der Waals surface area (Å²) in [5.41, 5.74) is 3.16. The highest BCUT2D eigenvalue weighted by Crippen LogP contribution is 2.58. The number of ketones is 1. The summed E-state index contributed by atoms with van der Waals surface area (Å²) < 4.78 is 6.49. The number of rotatable bonds is 0. The van der Waals surface area contributed by atoms with Crippen LogP contribution < -0.4 is 0 Å². The normalized spacial score (nSPS) is 29.0. The van der Waals surface area contributed by atoms with Crippen molar-refractivity contribution in [1.82, 2.24) is 4.98 Å². The van der Waals surface area contributed by atoms with Crippen LogP contribution in [0, 0.1) is 11.3 Å². The lowest BCUT2D eigenvalue weighted by Gasteiger charge is -2.50. The number of H-pyrrole nitrogens is 1. The quantitative estimate of drug-likeness (QED) is 0.675. The first-order valence-corrected chi connectivity index (χ1v) is 10.4. The lowest BCUT2D eigenvalue weighted by atomic mass is 9.65. The third-order valence-electron chi connectivity index (χ3n) is 6.30. The van der Waals surface area contributed by atoms with E-state index < -0.39 is 0 Å². The number of allylic oxidation sites excluding steroid dienone is 2. The Morgan fingerprint density at radius 3 is 2.73 bits per heavy atom. The third-order valence-corrected chi connectivity index (χ3v) is 7.44. The van der Waals surface area contributed by atoms with E-state index in [4.69, 9.17) is 4.74 Å². The minimum atomic E-state index is -0.264. The Balaban J connectivity index is 1.78. The van der Waals surface area contributed by atoms with E-state index in [0.29, 0.717) is 12.3 Å². The molecule has 1 aromatic carbocycles. The third kappa shape index (κ3) is 2.24. The maximum absolute atomic E-state index is 13.2. The van der Waals surface area contributed by atoms with Gasteiger partial charge in [0.15, 0.2) is 5.78 Å². The lowest BCUT2D eigenvalue weighted by Crippen LogP contribution is -2.48. The summed E-state index contributed by atoms with van der Waals surface area (Å²) in [5, 5.41) is 2.49. The maximum Gasteiger partial charge on any atom is 0.163 e. The number of nitrogens with one attached hydrogen (secondary N) is 1. The molecule has 5 rings (SSSR count). The van der Waals surface area contributed by atoms with Crippen molar-refractivity contribution in [2.24, 2.45) is 11.3 Å². The van der Waals surface area contributed by atoms with Crippen LogP contribution >= 0.6 is 11.8 Å². The van der Waals surface area contributed by atoms with Crippen LogP contribution in [0.25, 0.3) is 10.9 Å². The number of ether oxygens (including phenoxy) is 1. The zero-order valence-corrected chi connectivity index (χ0v) is 16.6. The monoisotopic (exact) mass is 367 g/mol. The summed E-state index contributed by atoms with van der Waals surface area (Å²) in [6.07, 6.45) is 1.47. The lowest BCUT2D eigenvalue weighted by molar-refractivity contribution is -0.123. The average Bonchev–Trinajstić information content (AvgIpc) is 2.91. The van der Waals surface area contributed by atoms with Gasteiger partial charge in [0.1, 0.15) is 11.4 Å². The van der Waals surface area contributed by atoms with E-state index in [0.717, 1.165) is 23.5 Å². The standard InChI is InChI=1S/C22H25NO2S/c1-21(2)9-15(24)19-16(10-21)25-22(3,4)13-11-26-20-17(18(13)19)12-7-5-6-8-14(12)23-20/h5-8,13,18,23H,9-11H2,1-4H3. The number of Topliss-reactive ketones (excluding diaryl/α,β-unsaturated/α-hetero) is 1. The Hall–Kier alpha value is -1.68. The van der Waals surface area contributed by atoms with E-state index in [1.807, 2.05) is 11.8 Å².